The minimum Gasteiger partial charge on any atom is -0.345 e. The predicted molar refractivity (Wildman–Crippen MR) is 140 cm³/mol. The average Bonchev–Trinajstić information content (AvgIpc) is 3.06. The van der Waals surface area contributed by atoms with Crippen molar-refractivity contribution in [3.05, 3.63) is 76.6 Å². The maximum atomic E-state index is 14.0. The molecule has 0 fully saturated rings. The molecule has 2 aromatic carbocycles. The van der Waals surface area contributed by atoms with E-state index in [2.05, 4.69) is 41.4 Å². The van der Waals surface area contributed by atoms with Crippen LogP contribution in [-0.2, 0) is 18.4 Å². The molecule has 2 heterocycles. The van der Waals surface area contributed by atoms with Gasteiger partial charge in [0.1, 0.15) is 23.0 Å². The zero-order valence-electron chi connectivity index (χ0n) is 22.6. The van der Waals surface area contributed by atoms with Gasteiger partial charge in [0.25, 0.3) is 11.8 Å². The van der Waals surface area contributed by atoms with Crippen LogP contribution in [0.15, 0.2) is 47.5 Å². The van der Waals surface area contributed by atoms with E-state index in [-0.39, 0.29) is 34.5 Å². The van der Waals surface area contributed by atoms with Gasteiger partial charge in [-0.2, -0.15) is 0 Å². The Bertz CT molecular complexity index is 1340. The summed E-state index contributed by atoms with van der Waals surface area (Å²) in [5.41, 5.74) is 0.536. The molecular formula is C28H34F2N6O2. The number of benzene rings is 2. The number of aromatic amines is 1. The fourth-order valence-corrected chi connectivity index (χ4v) is 4.65. The van der Waals surface area contributed by atoms with Gasteiger partial charge in [0, 0.05) is 24.2 Å². The van der Waals surface area contributed by atoms with E-state index in [0.717, 1.165) is 36.0 Å². The van der Waals surface area contributed by atoms with Gasteiger partial charge in [-0.25, -0.2) is 14.0 Å². The lowest BCUT2D eigenvalue weighted by Crippen LogP contribution is -2.45. The molecule has 0 spiro atoms. The SMILES string of the molecule is Cn1[nH]nc1CNC(=O)c1ccc(C(CCC(C)(C)C)N2C(=O)C(c3cc(F)cc(F)c3)=NC2(C)C)cc1. The summed E-state index contributed by atoms with van der Waals surface area (Å²) in [6.45, 7) is 10.3. The van der Waals surface area contributed by atoms with Crippen molar-refractivity contribution < 1.29 is 18.4 Å². The number of aromatic nitrogens is 3. The Kier molecular flexibility index (Phi) is 7.27. The molecule has 1 atom stereocenters. The smallest absolute Gasteiger partial charge is 0.275 e. The number of amides is 2. The summed E-state index contributed by atoms with van der Waals surface area (Å²) in [5.74, 6) is -1.43. The molecule has 4 rings (SSSR count). The number of aryl methyl sites for hydroxylation is 1. The quantitative estimate of drug-likeness (QED) is 0.439. The summed E-state index contributed by atoms with van der Waals surface area (Å²) < 4.78 is 29.6. The van der Waals surface area contributed by atoms with Crippen LogP contribution in [-0.4, -0.2) is 43.1 Å². The third-order valence-electron chi connectivity index (χ3n) is 6.69. The van der Waals surface area contributed by atoms with E-state index in [1.807, 2.05) is 33.0 Å². The van der Waals surface area contributed by atoms with Crippen LogP contribution in [0, 0.1) is 17.0 Å². The molecule has 8 nitrogen and oxygen atoms in total. The average molecular weight is 525 g/mol. The lowest BCUT2D eigenvalue weighted by atomic mass is 9.86. The second kappa shape index (κ2) is 10.2. The molecule has 1 aromatic heterocycles. The van der Waals surface area contributed by atoms with Gasteiger partial charge in [0.2, 0.25) is 0 Å². The molecule has 1 aliphatic rings. The van der Waals surface area contributed by atoms with Crippen molar-refractivity contribution in [3.8, 4) is 0 Å². The van der Waals surface area contributed by atoms with Gasteiger partial charge in [-0.15, -0.1) is 5.10 Å². The summed E-state index contributed by atoms with van der Waals surface area (Å²) in [7, 11) is 1.81. The Morgan fingerprint density at radius 3 is 2.26 bits per heavy atom. The lowest BCUT2D eigenvalue weighted by Gasteiger charge is -2.38. The highest BCUT2D eigenvalue weighted by Crippen LogP contribution is 2.39. The number of nitrogens with zero attached hydrogens (tertiary/aromatic N) is 4. The monoisotopic (exact) mass is 524 g/mol. The topological polar surface area (TPSA) is 95.4 Å². The second-order valence-corrected chi connectivity index (χ2v) is 11.4. The first kappa shape index (κ1) is 27.2. The third-order valence-corrected chi connectivity index (χ3v) is 6.69. The molecule has 38 heavy (non-hydrogen) atoms. The van der Waals surface area contributed by atoms with E-state index in [0.29, 0.717) is 18.5 Å². The van der Waals surface area contributed by atoms with Gasteiger partial charge < -0.3 is 10.2 Å². The zero-order chi connectivity index (χ0) is 27.8. The number of carbonyl (C=O) groups is 2. The van der Waals surface area contributed by atoms with E-state index < -0.39 is 17.3 Å². The Hall–Kier alpha value is -3.82. The number of halogens is 2. The van der Waals surface area contributed by atoms with Crippen molar-refractivity contribution in [1.82, 2.24) is 25.2 Å². The van der Waals surface area contributed by atoms with Gasteiger partial charge in [-0.05, 0) is 61.9 Å². The van der Waals surface area contributed by atoms with E-state index >= 15 is 0 Å². The van der Waals surface area contributed by atoms with Crippen molar-refractivity contribution >= 4 is 17.5 Å². The van der Waals surface area contributed by atoms with Crippen LogP contribution in [0.5, 0.6) is 0 Å². The molecule has 0 saturated heterocycles. The number of carbonyl (C=O) groups excluding carboxylic acids is 2. The largest absolute Gasteiger partial charge is 0.345 e. The van der Waals surface area contributed by atoms with Crippen LogP contribution < -0.4 is 5.32 Å². The Morgan fingerprint density at radius 1 is 1.11 bits per heavy atom. The van der Waals surface area contributed by atoms with Crippen molar-refractivity contribution in [2.45, 2.75) is 65.7 Å². The van der Waals surface area contributed by atoms with Crippen LogP contribution >= 0.6 is 0 Å². The highest BCUT2D eigenvalue weighted by Gasteiger charge is 2.45. The molecule has 1 aliphatic heterocycles. The summed E-state index contributed by atoms with van der Waals surface area (Å²) in [6, 6.07) is 9.82. The van der Waals surface area contributed by atoms with Crippen LogP contribution in [0.3, 0.4) is 0 Å². The van der Waals surface area contributed by atoms with Gasteiger partial charge >= 0.3 is 0 Å². The molecule has 202 valence electrons. The van der Waals surface area contributed by atoms with Gasteiger partial charge in [-0.3, -0.25) is 19.3 Å². The maximum Gasteiger partial charge on any atom is 0.275 e. The molecule has 2 N–H and O–H groups in total. The second-order valence-electron chi connectivity index (χ2n) is 11.4. The predicted octanol–water partition coefficient (Wildman–Crippen LogP) is 4.89. The molecular weight excluding hydrogens is 490 g/mol. The lowest BCUT2D eigenvalue weighted by molar-refractivity contribution is -0.130. The van der Waals surface area contributed by atoms with E-state index in [1.54, 1.807) is 21.7 Å². The standard InChI is InChI=1S/C28H34F2N6O2/c1-27(2,3)12-11-22(17-7-9-18(10-8-17)25(37)31-16-23-33-34-35(23)6)36-26(38)24(32-28(36,4)5)19-13-20(29)15-21(30)14-19/h7-10,13-15,22,34H,11-12,16H2,1-6H3,(H,31,37). The van der Waals surface area contributed by atoms with Gasteiger partial charge in [-0.1, -0.05) is 32.9 Å². The summed E-state index contributed by atoms with van der Waals surface area (Å²) in [5, 5.41) is 9.53. The summed E-state index contributed by atoms with van der Waals surface area (Å²) >= 11 is 0. The normalized spacial score (nSPS) is 16.1. The van der Waals surface area contributed by atoms with Crippen molar-refractivity contribution in [2.75, 3.05) is 0 Å². The fraction of sp³-hybridized carbons (Fsp3) is 0.429. The van der Waals surface area contributed by atoms with Crippen LogP contribution in [0.4, 0.5) is 8.78 Å². The van der Waals surface area contributed by atoms with E-state index in [1.165, 1.54) is 0 Å². The zero-order valence-corrected chi connectivity index (χ0v) is 22.6. The number of aliphatic imine (C=N–C) groups is 1. The number of hydrogen-bond donors (Lipinski definition) is 2. The molecule has 0 saturated carbocycles. The van der Waals surface area contributed by atoms with Crippen molar-refractivity contribution in [1.29, 1.82) is 0 Å². The molecule has 0 aliphatic carbocycles. The van der Waals surface area contributed by atoms with Gasteiger partial charge in [0.15, 0.2) is 5.82 Å². The molecule has 0 radical (unpaired) electrons. The first-order valence-corrected chi connectivity index (χ1v) is 12.6. The number of hydrogen-bond acceptors (Lipinski definition) is 4. The number of nitrogens with one attached hydrogen (secondary N) is 2. The van der Waals surface area contributed by atoms with Gasteiger partial charge in [0.05, 0.1) is 12.6 Å². The molecule has 0 bridgehead atoms. The molecule has 10 heteroatoms. The minimum atomic E-state index is -0.947. The Labute approximate surface area is 221 Å². The van der Waals surface area contributed by atoms with E-state index in [9.17, 15) is 18.4 Å². The fourth-order valence-electron chi connectivity index (χ4n) is 4.65. The molecule has 2 amide bonds. The summed E-state index contributed by atoms with van der Waals surface area (Å²) in [4.78, 5) is 32.7. The van der Waals surface area contributed by atoms with Crippen LogP contribution in [0.2, 0.25) is 0 Å². The van der Waals surface area contributed by atoms with Crippen molar-refractivity contribution in [3.63, 3.8) is 0 Å². The highest BCUT2D eigenvalue weighted by molar-refractivity contribution is 6.46. The number of rotatable bonds is 8. The Balaban J connectivity index is 1.61. The molecule has 3 aromatic rings. The third kappa shape index (κ3) is 5.84. The van der Waals surface area contributed by atoms with Crippen LogP contribution in [0.25, 0.3) is 0 Å². The first-order valence-electron chi connectivity index (χ1n) is 12.6. The first-order chi connectivity index (χ1) is 17.7. The highest BCUT2D eigenvalue weighted by atomic mass is 19.1. The number of H-pyrrole nitrogens is 1. The van der Waals surface area contributed by atoms with Crippen LogP contribution in [0.1, 0.15) is 80.8 Å². The van der Waals surface area contributed by atoms with E-state index in [4.69, 9.17) is 0 Å². The molecule has 1 unspecified atom stereocenters. The summed E-state index contributed by atoms with van der Waals surface area (Å²) in [6.07, 6.45) is 1.46. The van der Waals surface area contributed by atoms with Crippen molar-refractivity contribution in [2.24, 2.45) is 17.5 Å². The Morgan fingerprint density at radius 2 is 1.74 bits per heavy atom. The maximum absolute atomic E-state index is 14.0. The minimum absolute atomic E-state index is 0.00658.